The number of nitrogens with zero attached hydrogens (tertiary/aromatic N) is 1. The summed E-state index contributed by atoms with van der Waals surface area (Å²) in [5.74, 6) is 0.00815. The number of rotatable bonds is 6. The van der Waals surface area contributed by atoms with Gasteiger partial charge in [0, 0.05) is 24.2 Å². The molecule has 5 N–H and O–H groups in total. The molecule has 1 aromatic carbocycles. The zero-order valence-corrected chi connectivity index (χ0v) is 11.6. The highest BCUT2D eigenvalue weighted by Gasteiger charge is 2.18. The van der Waals surface area contributed by atoms with Gasteiger partial charge in [0.2, 0.25) is 0 Å². The Balaban J connectivity index is 2.87. The predicted octanol–water partition coefficient (Wildman–Crippen LogP) is 1.28. The fraction of sp³-hybridized carbons (Fsp3) is 0.462. The minimum atomic E-state index is -0.610. The van der Waals surface area contributed by atoms with Crippen LogP contribution in [0, 0.1) is 16.0 Å². The number of carbonyl (C=O) groups is 1. The molecule has 1 aromatic rings. The number of carbonyl (C=O) groups excluding carboxylic acids is 1. The van der Waals surface area contributed by atoms with Crippen molar-refractivity contribution in [2.45, 2.75) is 26.3 Å². The number of nitrogen functional groups attached to an aromatic ring is 1. The zero-order chi connectivity index (χ0) is 15.3. The van der Waals surface area contributed by atoms with Crippen LogP contribution < -0.4 is 16.8 Å². The fourth-order valence-corrected chi connectivity index (χ4v) is 1.89. The van der Waals surface area contributed by atoms with E-state index in [1.54, 1.807) is 0 Å². The maximum Gasteiger partial charge on any atom is 0.292 e. The first kappa shape index (κ1) is 15.9. The maximum atomic E-state index is 12.1. The van der Waals surface area contributed by atoms with Gasteiger partial charge in [-0.2, -0.15) is 0 Å². The van der Waals surface area contributed by atoms with Gasteiger partial charge in [0.25, 0.3) is 11.6 Å². The SMILES string of the molecule is CC(C)CC(CN)NC(=O)c1ccc(N)c([N+](=O)[O-])c1. The Morgan fingerprint density at radius 1 is 1.45 bits per heavy atom. The van der Waals surface area contributed by atoms with E-state index in [0.717, 1.165) is 6.42 Å². The molecular weight excluding hydrogens is 260 g/mol. The standard InChI is InChI=1S/C13H20N4O3/c1-8(2)5-10(7-14)16-13(18)9-3-4-11(15)12(6-9)17(19)20/h3-4,6,8,10H,5,7,14-15H2,1-2H3,(H,16,18). The molecule has 1 unspecified atom stereocenters. The Bertz CT molecular complexity index is 502. The summed E-state index contributed by atoms with van der Waals surface area (Å²) in [6, 6.07) is 3.83. The number of hydrogen-bond acceptors (Lipinski definition) is 5. The summed E-state index contributed by atoms with van der Waals surface area (Å²) in [5.41, 5.74) is 11.1. The van der Waals surface area contributed by atoms with E-state index in [1.807, 2.05) is 13.8 Å². The Kier molecular flexibility index (Phi) is 5.45. The molecule has 7 nitrogen and oxygen atoms in total. The molecule has 7 heteroatoms. The van der Waals surface area contributed by atoms with E-state index in [2.05, 4.69) is 5.32 Å². The molecule has 1 amide bonds. The van der Waals surface area contributed by atoms with Crippen LogP contribution in [0.1, 0.15) is 30.6 Å². The Morgan fingerprint density at radius 2 is 2.10 bits per heavy atom. The van der Waals surface area contributed by atoms with E-state index < -0.39 is 4.92 Å². The third-order valence-corrected chi connectivity index (χ3v) is 2.86. The van der Waals surface area contributed by atoms with Crippen molar-refractivity contribution in [1.29, 1.82) is 0 Å². The van der Waals surface area contributed by atoms with Crippen molar-refractivity contribution >= 4 is 17.3 Å². The van der Waals surface area contributed by atoms with Crippen LogP contribution in [0.15, 0.2) is 18.2 Å². The van der Waals surface area contributed by atoms with Gasteiger partial charge >= 0.3 is 0 Å². The first-order valence-electron chi connectivity index (χ1n) is 6.40. The molecule has 0 aliphatic rings. The summed E-state index contributed by atoms with van der Waals surface area (Å²) in [4.78, 5) is 22.2. The van der Waals surface area contributed by atoms with Crippen LogP contribution >= 0.6 is 0 Å². The number of hydrogen-bond donors (Lipinski definition) is 3. The first-order valence-corrected chi connectivity index (χ1v) is 6.40. The lowest BCUT2D eigenvalue weighted by Crippen LogP contribution is -2.41. The summed E-state index contributed by atoms with van der Waals surface area (Å²) in [7, 11) is 0. The molecule has 20 heavy (non-hydrogen) atoms. The normalized spacial score (nSPS) is 12.2. The number of nitrogens with one attached hydrogen (secondary N) is 1. The Morgan fingerprint density at radius 3 is 2.60 bits per heavy atom. The molecule has 0 aliphatic heterocycles. The molecule has 0 heterocycles. The molecule has 0 radical (unpaired) electrons. The topological polar surface area (TPSA) is 124 Å². The second-order valence-corrected chi connectivity index (χ2v) is 5.07. The van der Waals surface area contributed by atoms with Gasteiger partial charge in [0.15, 0.2) is 0 Å². The smallest absolute Gasteiger partial charge is 0.292 e. The molecule has 0 saturated carbocycles. The summed E-state index contributed by atoms with van der Waals surface area (Å²) < 4.78 is 0. The van der Waals surface area contributed by atoms with E-state index >= 15 is 0 Å². The molecule has 0 aromatic heterocycles. The lowest BCUT2D eigenvalue weighted by atomic mass is 10.0. The number of amides is 1. The van der Waals surface area contributed by atoms with Crippen molar-refractivity contribution in [3.8, 4) is 0 Å². The lowest BCUT2D eigenvalue weighted by molar-refractivity contribution is -0.383. The van der Waals surface area contributed by atoms with Crippen LogP contribution in [0.25, 0.3) is 0 Å². The van der Waals surface area contributed by atoms with E-state index in [4.69, 9.17) is 11.5 Å². The summed E-state index contributed by atoms with van der Waals surface area (Å²) in [6.45, 7) is 4.38. The van der Waals surface area contributed by atoms with E-state index in [-0.39, 0.29) is 28.9 Å². The number of nitro groups is 1. The van der Waals surface area contributed by atoms with Gasteiger partial charge in [0.1, 0.15) is 5.69 Å². The molecule has 0 aliphatic carbocycles. The molecule has 0 spiro atoms. The molecule has 110 valence electrons. The van der Waals surface area contributed by atoms with Gasteiger partial charge in [-0.15, -0.1) is 0 Å². The van der Waals surface area contributed by atoms with Crippen molar-refractivity contribution in [3.05, 3.63) is 33.9 Å². The number of nitrogens with two attached hydrogens (primary N) is 2. The predicted molar refractivity (Wildman–Crippen MR) is 77.3 cm³/mol. The number of nitro benzene ring substituents is 1. The Hall–Kier alpha value is -2.15. The largest absolute Gasteiger partial charge is 0.393 e. The molecule has 0 bridgehead atoms. The van der Waals surface area contributed by atoms with Crippen LogP contribution in [0.2, 0.25) is 0 Å². The maximum absolute atomic E-state index is 12.1. The van der Waals surface area contributed by atoms with Gasteiger partial charge in [-0.3, -0.25) is 14.9 Å². The average Bonchev–Trinajstić information content (AvgIpc) is 2.37. The first-order chi connectivity index (χ1) is 9.35. The second kappa shape index (κ2) is 6.85. The van der Waals surface area contributed by atoms with E-state index in [1.165, 1.54) is 18.2 Å². The highest BCUT2D eigenvalue weighted by atomic mass is 16.6. The molecule has 1 rings (SSSR count). The summed E-state index contributed by atoms with van der Waals surface area (Å²) in [6.07, 6.45) is 0.749. The number of anilines is 1. The molecule has 0 saturated heterocycles. The molecule has 1 atom stereocenters. The van der Waals surface area contributed by atoms with Crippen molar-refractivity contribution in [3.63, 3.8) is 0 Å². The zero-order valence-electron chi connectivity index (χ0n) is 11.6. The highest BCUT2D eigenvalue weighted by molar-refractivity contribution is 5.95. The summed E-state index contributed by atoms with van der Waals surface area (Å²) >= 11 is 0. The Labute approximate surface area is 117 Å². The van der Waals surface area contributed by atoms with Gasteiger partial charge in [0.05, 0.1) is 4.92 Å². The third-order valence-electron chi connectivity index (χ3n) is 2.86. The van der Waals surface area contributed by atoms with Crippen molar-refractivity contribution < 1.29 is 9.72 Å². The summed E-state index contributed by atoms with van der Waals surface area (Å²) in [5, 5.41) is 13.6. The van der Waals surface area contributed by atoms with Gasteiger partial charge in [-0.05, 0) is 24.5 Å². The van der Waals surface area contributed by atoms with Crippen molar-refractivity contribution in [2.24, 2.45) is 11.7 Å². The minimum Gasteiger partial charge on any atom is -0.393 e. The second-order valence-electron chi connectivity index (χ2n) is 5.07. The van der Waals surface area contributed by atoms with Crippen LogP contribution in [-0.4, -0.2) is 23.4 Å². The highest BCUT2D eigenvalue weighted by Crippen LogP contribution is 2.22. The average molecular weight is 280 g/mol. The van der Waals surface area contributed by atoms with Crippen LogP contribution in [0.3, 0.4) is 0 Å². The number of benzene rings is 1. The van der Waals surface area contributed by atoms with E-state index in [9.17, 15) is 14.9 Å². The fourth-order valence-electron chi connectivity index (χ4n) is 1.89. The molecule has 0 fully saturated rings. The minimum absolute atomic E-state index is 0.0316. The van der Waals surface area contributed by atoms with Crippen molar-refractivity contribution in [1.82, 2.24) is 5.32 Å². The van der Waals surface area contributed by atoms with E-state index in [0.29, 0.717) is 12.5 Å². The quantitative estimate of drug-likeness (QED) is 0.411. The van der Waals surface area contributed by atoms with Gasteiger partial charge < -0.3 is 16.8 Å². The third kappa shape index (κ3) is 4.20. The van der Waals surface area contributed by atoms with Crippen LogP contribution in [0.4, 0.5) is 11.4 Å². The van der Waals surface area contributed by atoms with Crippen molar-refractivity contribution in [2.75, 3.05) is 12.3 Å². The monoisotopic (exact) mass is 280 g/mol. The van der Waals surface area contributed by atoms with Gasteiger partial charge in [-0.1, -0.05) is 13.8 Å². The molecular formula is C13H20N4O3. The van der Waals surface area contributed by atoms with Crippen LogP contribution in [-0.2, 0) is 0 Å². The van der Waals surface area contributed by atoms with Gasteiger partial charge in [-0.25, -0.2) is 0 Å². The lowest BCUT2D eigenvalue weighted by Gasteiger charge is -2.18. The van der Waals surface area contributed by atoms with Crippen LogP contribution in [0.5, 0.6) is 0 Å².